The molecule has 0 bridgehead atoms. The maximum Gasteiger partial charge on any atom is 0.308 e. The van der Waals surface area contributed by atoms with Crippen LogP contribution in [0.15, 0.2) is 30.5 Å². The number of aliphatic carboxylic acids is 1. The summed E-state index contributed by atoms with van der Waals surface area (Å²) in [6, 6.07) is 6.19. The van der Waals surface area contributed by atoms with Crippen molar-refractivity contribution in [3.05, 3.63) is 36.3 Å². The lowest BCUT2D eigenvalue weighted by Crippen LogP contribution is -2.42. The van der Waals surface area contributed by atoms with Gasteiger partial charge in [0.05, 0.1) is 17.8 Å². The molecule has 0 saturated carbocycles. The lowest BCUT2D eigenvalue weighted by molar-refractivity contribution is -0.142. The number of hydrogen-bond acceptors (Lipinski definition) is 5. The second kappa shape index (κ2) is 6.11. The van der Waals surface area contributed by atoms with E-state index in [1.165, 1.54) is 23.5 Å². The Morgan fingerprint density at radius 2 is 2.08 bits per heavy atom. The second-order valence-electron chi connectivity index (χ2n) is 6.53. The van der Waals surface area contributed by atoms with Gasteiger partial charge >= 0.3 is 5.97 Å². The van der Waals surface area contributed by atoms with Crippen LogP contribution in [0.1, 0.15) is 13.3 Å². The molecule has 1 aliphatic rings. The van der Waals surface area contributed by atoms with E-state index < -0.39 is 5.97 Å². The molecule has 1 aromatic carbocycles. The first-order valence-corrected chi connectivity index (χ1v) is 8.91. The van der Waals surface area contributed by atoms with Gasteiger partial charge in [0.15, 0.2) is 0 Å². The number of nitrogens with zero attached hydrogens (tertiary/aromatic N) is 4. The molecule has 1 N–H and O–H groups in total. The van der Waals surface area contributed by atoms with Crippen LogP contribution in [0.5, 0.6) is 0 Å². The molecule has 130 valence electrons. The Hall–Kier alpha value is -2.48. The zero-order valence-corrected chi connectivity index (χ0v) is 14.4. The Morgan fingerprint density at radius 1 is 1.32 bits per heavy atom. The molecule has 0 radical (unpaired) electrons. The van der Waals surface area contributed by atoms with Crippen molar-refractivity contribution in [1.82, 2.24) is 14.6 Å². The monoisotopic (exact) mass is 360 g/mol. The highest BCUT2D eigenvalue weighted by Crippen LogP contribution is 2.31. The predicted molar refractivity (Wildman–Crippen MR) is 93.4 cm³/mol. The molecular weight excluding hydrogens is 343 g/mol. The number of halogens is 1. The lowest BCUT2D eigenvalue weighted by atomic mass is 9.91. The van der Waals surface area contributed by atoms with Gasteiger partial charge in [0.1, 0.15) is 5.82 Å². The maximum absolute atomic E-state index is 13.0. The molecule has 0 spiro atoms. The molecule has 0 amide bonds. The van der Waals surface area contributed by atoms with Gasteiger partial charge in [0, 0.05) is 18.7 Å². The molecule has 1 saturated heterocycles. The van der Waals surface area contributed by atoms with E-state index >= 15 is 0 Å². The van der Waals surface area contributed by atoms with E-state index in [-0.39, 0.29) is 11.7 Å². The van der Waals surface area contributed by atoms with Gasteiger partial charge in [-0.05, 0) is 36.6 Å². The summed E-state index contributed by atoms with van der Waals surface area (Å²) in [7, 11) is 0. The Morgan fingerprint density at radius 3 is 2.76 bits per heavy atom. The molecule has 6 nitrogen and oxygen atoms in total. The van der Waals surface area contributed by atoms with Crippen molar-refractivity contribution in [3.63, 3.8) is 0 Å². The average Bonchev–Trinajstić information content (AvgIpc) is 3.14. The summed E-state index contributed by atoms with van der Waals surface area (Å²) >= 11 is 1.44. The van der Waals surface area contributed by atoms with Crippen molar-refractivity contribution in [3.8, 4) is 11.3 Å². The highest BCUT2D eigenvalue weighted by molar-refractivity contribution is 7.20. The Bertz CT molecular complexity index is 889. The second-order valence-corrected chi connectivity index (χ2v) is 7.46. The minimum Gasteiger partial charge on any atom is -0.481 e. The standard InChI is InChI=1S/C17H17FN4O2S/c1-10-6-12(15(23)24)8-21(7-10)17-20-22-9-14(19-16(22)25-17)11-2-4-13(18)5-3-11/h2-5,9-10,12H,6-8H2,1H3,(H,23,24). The van der Waals surface area contributed by atoms with Crippen molar-refractivity contribution in [2.24, 2.45) is 11.8 Å². The van der Waals surface area contributed by atoms with Crippen molar-refractivity contribution in [2.75, 3.05) is 18.0 Å². The van der Waals surface area contributed by atoms with Crippen LogP contribution in [-0.2, 0) is 4.79 Å². The zero-order chi connectivity index (χ0) is 17.6. The largest absolute Gasteiger partial charge is 0.481 e. The number of imidazole rings is 1. The van der Waals surface area contributed by atoms with Crippen LogP contribution in [0.4, 0.5) is 9.52 Å². The SMILES string of the molecule is CC1CC(C(=O)O)CN(c2nn3cc(-c4ccc(F)cc4)nc3s2)C1. The summed E-state index contributed by atoms with van der Waals surface area (Å²) < 4.78 is 14.7. The third-order valence-electron chi connectivity index (χ3n) is 4.45. The van der Waals surface area contributed by atoms with Crippen LogP contribution < -0.4 is 4.90 Å². The molecule has 2 unspecified atom stereocenters. The van der Waals surface area contributed by atoms with Crippen molar-refractivity contribution in [2.45, 2.75) is 13.3 Å². The van der Waals surface area contributed by atoms with E-state index in [1.54, 1.807) is 16.6 Å². The van der Waals surface area contributed by atoms with E-state index in [0.29, 0.717) is 18.9 Å². The molecule has 3 aromatic rings. The highest BCUT2D eigenvalue weighted by atomic mass is 32.1. The quantitative estimate of drug-likeness (QED) is 0.777. The molecule has 1 aliphatic heterocycles. The molecule has 0 aliphatic carbocycles. The minimum atomic E-state index is -0.753. The van der Waals surface area contributed by atoms with Gasteiger partial charge in [-0.25, -0.2) is 13.9 Å². The normalized spacial score (nSPS) is 21.0. The first-order valence-electron chi connectivity index (χ1n) is 8.09. The third kappa shape index (κ3) is 3.09. The lowest BCUT2D eigenvalue weighted by Gasteiger charge is -2.34. The number of anilines is 1. The van der Waals surface area contributed by atoms with Gasteiger partial charge in [-0.3, -0.25) is 4.79 Å². The summed E-state index contributed by atoms with van der Waals surface area (Å²) in [6.45, 7) is 3.33. The van der Waals surface area contributed by atoms with Crippen LogP contribution in [-0.4, -0.2) is 38.8 Å². The molecule has 4 rings (SSSR count). The predicted octanol–water partition coefficient (Wildman–Crippen LogP) is 3.14. The van der Waals surface area contributed by atoms with Crippen LogP contribution in [0.3, 0.4) is 0 Å². The molecule has 3 heterocycles. The molecule has 25 heavy (non-hydrogen) atoms. The van der Waals surface area contributed by atoms with Gasteiger partial charge < -0.3 is 10.0 Å². The number of carbonyl (C=O) groups is 1. The van der Waals surface area contributed by atoms with Crippen LogP contribution in [0.2, 0.25) is 0 Å². The number of benzene rings is 1. The molecule has 2 aromatic heterocycles. The maximum atomic E-state index is 13.0. The van der Waals surface area contributed by atoms with Crippen LogP contribution >= 0.6 is 11.3 Å². The first-order chi connectivity index (χ1) is 12.0. The summed E-state index contributed by atoms with van der Waals surface area (Å²) in [4.78, 5) is 18.7. The fourth-order valence-corrected chi connectivity index (χ4v) is 4.17. The fourth-order valence-electron chi connectivity index (χ4n) is 3.26. The Kier molecular flexibility index (Phi) is 3.91. The third-order valence-corrected chi connectivity index (χ3v) is 5.44. The first kappa shape index (κ1) is 16.0. The summed E-state index contributed by atoms with van der Waals surface area (Å²) in [6.07, 6.45) is 2.51. The van der Waals surface area contributed by atoms with Gasteiger partial charge in [-0.1, -0.05) is 18.3 Å². The van der Waals surface area contributed by atoms with E-state index in [0.717, 1.165) is 27.9 Å². The van der Waals surface area contributed by atoms with Crippen LogP contribution in [0.25, 0.3) is 16.2 Å². The summed E-state index contributed by atoms with van der Waals surface area (Å²) in [5, 5.41) is 14.7. The minimum absolute atomic E-state index is 0.280. The van der Waals surface area contributed by atoms with Gasteiger partial charge in [0.2, 0.25) is 10.1 Å². The van der Waals surface area contributed by atoms with E-state index in [2.05, 4.69) is 17.0 Å². The number of carboxylic acid groups (broad SMARTS) is 1. The van der Waals surface area contributed by atoms with Crippen LogP contribution in [0, 0.1) is 17.7 Å². The van der Waals surface area contributed by atoms with Gasteiger partial charge in [-0.15, -0.1) is 5.10 Å². The summed E-state index contributed by atoms with van der Waals surface area (Å²) in [5.41, 5.74) is 1.57. The number of hydrogen-bond donors (Lipinski definition) is 1. The molecule has 8 heteroatoms. The molecular formula is C17H17FN4O2S. The summed E-state index contributed by atoms with van der Waals surface area (Å²) in [5.74, 6) is -1.09. The number of fused-ring (bicyclic) bond motifs is 1. The average molecular weight is 360 g/mol. The number of rotatable bonds is 3. The number of aromatic nitrogens is 3. The Balaban J connectivity index is 1.61. The topological polar surface area (TPSA) is 70.7 Å². The van der Waals surface area contributed by atoms with E-state index in [9.17, 15) is 14.3 Å². The van der Waals surface area contributed by atoms with Crippen molar-refractivity contribution >= 4 is 27.4 Å². The highest BCUT2D eigenvalue weighted by Gasteiger charge is 2.31. The molecule has 2 atom stereocenters. The van der Waals surface area contributed by atoms with Crippen molar-refractivity contribution < 1.29 is 14.3 Å². The fraction of sp³-hybridized carbons (Fsp3) is 0.353. The van der Waals surface area contributed by atoms with E-state index in [1.807, 2.05) is 11.1 Å². The Labute approximate surface area is 147 Å². The van der Waals surface area contributed by atoms with Gasteiger partial charge in [0.25, 0.3) is 0 Å². The smallest absolute Gasteiger partial charge is 0.308 e. The molecule has 1 fully saturated rings. The van der Waals surface area contributed by atoms with Crippen molar-refractivity contribution in [1.29, 1.82) is 0 Å². The number of piperidine rings is 1. The van der Waals surface area contributed by atoms with E-state index in [4.69, 9.17) is 0 Å². The van der Waals surface area contributed by atoms with Gasteiger partial charge in [-0.2, -0.15) is 0 Å². The zero-order valence-electron chi connectivity index (χ0n) is 13.6. The number of carboxylic acids is 1.